The maximum absolute atomic E-state index is 5.68. The van der Waals surface area contributed by atoms with Gasteiger partial charge in [0.1, 0.15) is 6.10 Å². The van der Waals surface area contributed by atoms with Gasteiger partial charge in [-0.2, -0.15) is 0 Å². The summed E-state index contributed by atoms with van der Waals surface area (Å²) < 4.78 is 32.8. The molecule has 0 spiro atoms. The van der Waals surface area contributed by atoms with Crippen molar-refractivity contribution >= 4 is 5.71 Å². The molecule has 33 heavy (non-hydrogen) atoms. The summed E-state index contributed by atoms with van der Waals surface area (Å²) in [5.74, 6) is 3.86. The van der Waals surface area contributed by atoms with E-state index in [-0.39, 0.29) is 12.9 Å². The van der Waals surface area contributed by atoms with E-state index in [4.69, 9.17) is 33.3 Å². The van der Waals surface area contributed by atoms with E-state index in [2.05, 4.69) is 10.5 Å². The summed E-state index contributed by atoms with van der Waals surface area (Å²) in [6, 6.07) is 7.89. The van der Waals surface area contributed by atoms with Crippen molar-refractivity contribution in [2.24, 2.45) is 5.16 Å². The quantitative estimate of drug-likeness (QED) is 0.514. The fourth-order valence-corrected chi connectivity index (χ4v) is 4.05. The number of nitrogens with one attached hydrogen (secondary N) is 1. The Labute approximate surface area is 193 Å². The monoisotopic (exact) mass is 458 g/mol. The number of nitrogens with zero attached hydrogens (tertiary/aromatic N) is 1. The van der Waals surface area contributed by atoms with Gasteiger partial charge in [-0.15, -0.1) is 0 Å². The van der Waals surface area contributed by atoms with Gasteiger partial charge in [-0.25, -0.2) is 0 Å². The third kappa shape index (κ3) is 5.03. The zero-order valence-electron chi connectivity index (χ0n) is 19.4. The fourth-order valence-electron chi connectivity index (χ4n) is 4.05. The predicted octanol–water partition coefficient (Wildman–Crippen LogP) is 2.97. The second-order valence-corrected chi connectivity index (χ2v) is 7.75. The van der Waals surface area contributed by atoms with Crippen molar-refractivity contribution < 1.29 is 33.3 Å². The number of rotatable bonds is 11. The molecule has 178 valence electrons. The van der Waals surface area contributed by atoms with Gasteiger partial charge in [0.2, 0.25) is 18.3 Å². The van der Waals surface area contributed by atoms with Gasteiger partial charge >= 0.3 is 0 Å². The van der Waals surface area contributed by atoms with Gasteiger partial charge in [0.25, 0.3) is 0 Å². The van der Waals surface area contributed by atoms with Crippen molar-refractivity contribution in [3.63, 3.8) is 0 Å². The van der Waals surface area contributed by atoms with Crippen LogP contribution in [0.4, 0.5) is 0 Å². The summed E-state index contributed by atoms with van der Waals surface area (Å²) in [6.07, 6.45) is 2.15. The Morgan fingerprint density at radius 1 is 0.970 bits per heavy atom. The number of fused-ring (bicyclic) bond motifs is 1. The molecule has 0 bridgehead atoms. The molecule has 0 saturated carbocycles. The number of ether oxygens (including phenoxy) is 6. The lowest BCUT2D eigenvalue weighted by Crippen LogP contribution is -2.25. The lowest BCUT2D eigenvalue weighted by atomic mass is 10.0. The van der Waals surface area contributed by atoms with Gasteiger partial charge in [-0.1, -0.05) is 11.2 Å². The largest absolute Gasteiger partial charge is 0.493 e. The highest BCUT2D eigenvalue weighted by Gasteiger charge is 2.29. The molecular weight excluding hydrogens is 428 g/mol. The van der Waals surface area contributed by atoms with Crippen LogP contribution in [0.15, 0.2) is 29.4 Å². The number of hydrogen-bond donors (Lipinski definition) is 1. The first-order chi connectivity index (χ1) is 16.2. The average Bonchev–Trinajstić information content (AvgIpc) is 3.50. The van der Waals surface area contributed by atoms with Crippen LogP contribution in [0.25, 0.3) is 0 Å². The van der Waals surface area contributed by atoms with Crippen LogP contribution in [-0.2, 0) is 17.7 Å². The van der Waals surface area contributed by atoms with Gasteiger partial charge in [0.15, 0.2) is 23.0 Å². The predicted molar refractivity (Wildman–Crippen MR) is 122 cm³/mol. The molecule has 1 N–H and O–H groups in total. The van der Waals surface area contributed by atoms with E-state index in [1.54, 1.807) is 28.4 Å². The Morgan fingerprint density at radius 3 is 2.55 bits per heavy atom. The maximum Gasteiger partial charge on any atom is 0.231 e. The summed E-state index contributed by atoms with van der Waals surface area (Å²) >= 11 is 0. The van der Waals surface area contributed by atoms with E-state index < -0.39 is 0 Å². The topological polar surface area (TPSA) is 89.0 Å². The molecule has 0 saturated heterocycles. The van der Waals surface area contributed by atoms with Crippen LogP contribution in [0.2, 0.25) is 0 Å². The summed E-state index contributed by atoms with van der Waals surface area (Å²) in [5.41, 5.74) is 3.09. The van der Waals surface area contributed by atoms with Crippen molar-refractivity contribution in [2.45, 2.75) is 25.4 Å². The molecule has 1 atom stereocenters. The van der Waals surface area contributed by atoms with Crippen LogP contribution in [-0.4, -0.2) is 60.1 Å². The summed E-state index contributed by atoms with van der Waals surface area (Å²) in [4.78, 5) is 5.68. The van der Waals surface area contributed by atoms with Crippen molar-refractivity contribution in [1.29, 1.82) is 0 Å². The number of methoxy groups -OCH3 is 4. The molecule has 0 aromatic heterocycles. The summed E-state index contributed by atoms with van der Waals surface area (Å²) in [7, 11) is 6.48. The second-order valence-electron chi connectivity index (χ2n) is 7.75. The Balaban J connectivity index is 1.27. The van der Waals surface area contributed by atoms with E-state index in [1.165, 1.54) is 5.56 Å². The van der Waals surface area contributed by atoms with Crippen LogP contribution in [0.3, 0.4) is 0 Å². The molecule has 9 nitrogen and oxygen atoms in total. The van der Waals surface area contributed by atoms with Gasteiger partial charge in [0.05, 0.1) is 34.2 Å². The van der Waals surface area contributed by atoms with Crippen molar-refractivity contribution in [3.8, 4) is 34.5 Å². The van der Waals surface area contributed by atoms with Crippen LogP contribution in [0, 0.1) is 0 Å². The smallest absolute Gasteiger partial charge is 0.231 e. The molecule has 0 radical (unpaired) electrons. The third-order valence-electron chi connectivity index (χ3n) is 5.67. The van der Waals surface area contributed by atoms with Crippen LogP contribution in [0.5, 0.6) is 34.5 Å². The molecule has 2 aromatic carbocycles. The lowest BCUT2D eigenvalue weighted by molar-refractivity contribution is 0.0853. The maximum atomic E-state index is 5.68. The van der Waals surface area contributed by atoms with Gasteiger partial charge in [0, 0.05) is 24.9 Å². The molecule has 0 fully saturated rings. The standard InChI is InChI=1S/C24H30N2O7/c1-27-19-6-5-15(9-20(19)28-2)7-8-25-13-17-12-18(33-26-17)10-16-11-21-23(32-14-31-21)24(30-4)22(16)29-3/h5-6,9,11,18,25H,7-8,10,12-14H2,1-4H3/t18-/m1/s1. The number of benzene rings is 2. The Morgan fingerprint density at radius 2 is 1.79 bits per heavy atom. The van der Waals surface area contributed by atoms with E-state index in [9.17, 15) is 0 Å². The molecule has 2 aromatic rings. The number of oxime groups is 1. The van der Waals surface area contributed by atoms with Crippen molar-refractivity contribution in [3.05, 3.63) is 35.4 Å². The summed E-state index contributed by atoms with van der Waals surface area (Å²) in [5, 5.41) is 7.71. The van der Waals surface area contributed by atoms with E-state index >= 15 is 0 Å². The molecule has 0 amide bonds. The number of hydrogen-bond acceptors (Lipinski definition) is 9. The first kappa shape index (κ1) is 22.8. The highest BCUT2D eigenvalue weighted by Crippen LogP contribution is 2.49. The highest BCUT2D eigenvalue weighted by atomic mass is 16.7. The second kappa shape index (κ2) is 10.5. The Bertz CT molecular complexity index is 1010. The molecule has 2 aliphatic heterocycles. The van der Waals surface area contributed by atoms with E-state index in [0.29, 0.717) is 36.0 Å². The fraction of sp³-hybridized carbons (Fsp3) is 0.458. The van der Waals surface area contributed by atoms with Crippen LogP contribution in [0.1, 0.15) is 17.5 Å². The highest BCUT2D eigenvalue weighted by molar-refractivity contribution is 5.87. The van der Waals surface area contributed by atoms with Crippen molar-refractivity contribution in [2.75, 3.05) is 48.3 Å². The molecule has 9 heteroatoms. The molecule has 4 rings (SSSR count). The molecule has 0 unspecified atom stereocenters. The third-order valence-corrected chi connectivity index (χ3v) is 5.67. The first-order valence-corrected chi connectivity index (χ1v) is 10.8. The summed E-state index contributed by atoms with van der Waals surface area (Å²) in [6.45, 7) is 1.65. The molecular formula is C24H30N2O7. The Kier molecular flexibility index (Phi) is 7.29. The minimum absolute atomic E-state index is 0.0772. The average molecular weight is 459 g/mol. The minimum atomic E-state index is -0.0772. The molecule has 2 aliphatic rings. The SMILES string of the molecule is COc1ccc(CCNCC2=NO[C@H](Cc3cc4c(c(OC)c3OC)OCO4)C2)cc1OC. The minimum Gasteiger partial charge on any atom is -0.493 e. The zero-order valence-corrected chi connectivity index (χ0v) is 19.4. The van der Waals surface area contributed by atoms with Gasteiger partial charge in [-0.05, 0) is 36.7 Å². The van der Waals surface area contributed by atoms with Crippen LogP contribution >= 0.6 is 0 Å². The Hall–Kier alpha value is -3.33. The zero-order chi connectivity index (χ0) is 23.2. The van der Waals surface area contributed by atoms with E-state index in [0.717, 1.165) is 42.2 Å². The van der Waals surface area contributed by atoms with Crippen LogP contribution < -0.4 is 33.7 Å². The molecule has 0 aliphatic carbocycles. The molecule has 2 heterocycles. The van der Waals surface area contributed by atoms with E-state index in [1.807, 2.05) is 24.3 Å². The van der Waals surface area contributed by atoms with Gasteiger partial charge < -0.3 is 38.6 Å². The van der Waals surface area contributed by atoms with Crippen molar-refractivity contribution in [1.82, 2.24) is 5.32 Å². The first-order valence-electron chi connectivity index (χ1n) is 10.8. The lowest BCUT2D eigenvalue weighted by Gasteiger charge is -2.16. The van der Waals surface area contributed by atoms with Gasteiger partial charge in [-0.3, -0.25) is 0 Å². The normalized spacial score (nSPS) is 16.2.